The highest BCUT2D eigenvalue weighted by molar-refractivity contribution is 7.98. The Hall–Kier alpha value is -2.27. The molecule has 0 aliphatic rings. The molecule has 0 aliphatic heterocycles. The molecule has 0 atom stereocenters. The van der Waals surface area contributed by atoms with Gasteiger partial charge in [-0.2, -0.15) is 0 Å². The fourth-order valence-electron chi connectivity index (χ4n) is 2.09. The third-order valence-electron chi connectivity index (χ3n) is 3.13. The van der Waals surface area contributed by atoms with Gasteiger partial charge in [0.25, 0.3) is 0 Å². The van der Waals surface area contributed by atoms with Crippen LogP contribution in [0.5, 0.6) is 0 Å². The molecule has 0 aliphatic carbocycles. The molecule has 0 saturated carbocycles. The first-order valence-electron chi connectivity index (χ1n) is 6.04. The Kier molecular flexibility index (Phi) is 3.20. The number of thioether (sulfide) groups is 1. The number of hydrogen-bond acceptors (Lipinski definition) is 3. The molecule has 0 saturated heterocycles. The maximum Gasteiger partial charge on any atom is 0.335 e. The van der Waals surface area contributed by atoms with Crippen molar-refractivity contribution in [2.24, 2.45) is 0 Å². The Labute approximate surface area is 120 Å². The lowest BCUT2D eigenvalue weighted by molar-refractivity contribution is 0.0697. The molecule has 0 fully saturated rings. The monoisotopic (exact) mass is 284 g/mol. The molecule has 2 aromatic heterocycles. The number of pyridine rings is 1. The van der Waals surface area contributed by atoms with Crippen LogP contribution < -0.4 is 0 Å². The van der Waals surface area contributed by atoms with Crippen LogP contribution in [0.2, 0.25) is 0 Å². The topological polar surface area (TPSA) is 55.1 Å². The number of fused-ring (bicyclic) bond motifs is 1. The fraction of sp³-hybridized carbons (Fsp3) is 0.0667. The predicted octanol–water partition coefficient (Wildman–Crippen LogP) is 3.45. The molecule has 0 unspecified atom stereocenters. The van der Waals surface area contributed by atoms with Gasteiger partial charge in [0.1, 0.15) is 5.65 Å². The third-order valence-corrected chi connectivity index (χ3v) is 3.82. The van der Waals surface area contributed by atoms with Crippen molar-refractivity contribution in [2.75, 3.05) is 6.26 Å². The minimum atomic E-state index is -0.920. The van der Waals surface area contributed by atoms with Gasteiger partial charge in [-0.1, -0.05) is 0 Å². The van der Waals surface area contributed by atoms with Crippen LogP contribution in [0.4, 0.5) is 0 Å². The van der Waals surface area contributed by atoms with E-state index in [0.717, 1.165) is 21.6 Å². The van der Waals surface area contributed by atoms with Crippen molar-refractivity contribution >= 4 is 28.8 Å². The van der Waals surface area contributed by atoms with Crippen LogP contribution in [0.3, 0.4) is 0 Å². The molecule has 100 valence electrons. The Morgan fingerprint density at radius 2 is 2.00 bits per heavy atom. The largest absolute Gasteiger partial charge is 0.478 e. The van der Waals surface area contributed by atoms with E-state index >= 15 is 0 Å². The Bertz CT molecular complexity index is 778. The number of carboxylic acid groups (broad SMARTS) is 1. The van der Waals surface area contributed by atoms with Gasteiger partial charge in [-0.25, -0.2) is 9.78 Å². The van der Waals surface area contributed by atoms with E-state index in [1.54, 1.807) is 36.0 Å². The second-order valence-electron chi connectivity index (χ2n) is 4.33. The summed E-state index contributed by atoms with van der Waals surface area (Å²) in [6.45, 7) is 0. The van der Waals surface area contributed by atoms with Gasteiger partial charge in [0, 0.05) is 28.4 Å². The summed E-state index contributed by atoms with van der Waals surface area (Å²) >= 11 is 1.66. The van der Waals surface area contributed by atoms with Crippen LogP contribution in [0.1, 0.15) is 10.4 Å². The second-order valence-corrected chi connectivity index (χ2v) is 5.21. The standard InChI is InChI=1S/C15H12N2O2S/c1-20-13-8-11-6-7-17(14(11)16-9-13)12-4-2-10(3-5-12)15(18)19/h2-9H,1H3,(H,18,19). The lowest BCUT2D eigenvalue weighted by Gasteiger charge is -2.05. The summed E-state index contributed by atoms with van der Waals surface area (Å²) in [6, 6.07) is 10.9. The Morgan fingerprint density at radius 3 is 2.65 bits per heavy atom. The van der Waals surface area contributed by atoms with E-state index in [1.807, 2.05) is 29.3 Å². The van der Waals surface area contributed by atoms with Crippen LogP contribution in [0.15, 0.2) is 53.7 Å². The van der Waals surface area contributed by atoms with Gasteiger partial charge in [-0.05, 0) is 42.7 Å². The number of carbonyl (C=O) groups is 1. The smallest absolute Gasteiger partial charge is 0.335 e. The van der Waals surface area contributed by atoms with Crippen molar-refractivity contribution in [1.29, 1.82) is 0 Å². The van der Waals surface area contributed by atoms with E-state index in [9.17, 15) is 4.79 Å². The van der Waals surface area contributed by atoms with Crippen LogP contribution in [0, 0.1) is 0 Å². The van der Waals surface area contributed by atoms with E-state index in [4.69, 9.17) is 5.11 Å². The van der Waals surface area contributed by atoms with Crippen molar-refractivity contribution in [3.05, 3.63) is 54.4 Å². The van der Waals surface area contributed by atoms with Crippen molar-refractivity contribution < 1.29 is 9.90 Å². The molecule has 0 spiro atoms. The molecule has 1 N–H and O–H groups in total. The fourth-order valence-corrected chi connectivity index (χ4v) is 2.49. The maximum absolute atomic E-state index is 10.9. The van der Waals surface area contributed by atoms with Gasteiger partial charge in [0.2, 0.25) is 0 Å². The summed E-state index contributed by atoms with van der Waals surface area (Å²) in [6.07, 6.45) is 5.80. The van der Waals surface area contributed by atoms with Crippen LogP contribution in [-0.2, 0) is 0 Å². The van der Waals surface area contributed by atoms with E-state index < -0.39 is 5.97 Å². The number of carboxylic acids is 1. The third kappa shape index (κ3) is 2.16. The first-order valence-corrected chi connectivity index (χ1v) is 7.26. The maximum atomic E-state index is 10.9. The minimum absolute atomic E-state index is 0.280. The molecule has 3 aromatic rings. The van der Waals surface area contributed by atoms with Gasteiger partial charge in [0.05, 0.1) is 5.56 Å². The number of rotatable bonds is 3. The van der Waals surface area contributed by atoms with Crippen molar-refractivity contribution in [3.8, 4) is 5.69 Å². The van der Waals surface area contributed by atoms with E-state index in [2.05, 4.69) is 11.1 Å². The van der Waals surface area contributed by atoms with Gasteiger partial charge in [-0.3, -0.25) is 0 Å². The molecular formula is C15H12N2O2S. The number of nitrogens with zero attached hydrogens (tertiary/aromatic N) is 2. The van der Waals surface area contributed by atoms with Gasteiger partial charge >= 0.3 is 5.97 Å². The number of benzene rings is 1. The van der Waals surface area contributed by atoms with E-state index in [0.29, 0.717) is 0 Å². The summed E-state index contributed by atoms with van der Waals surface area (Å²) in [5.74, 6) is -0.920. The van der Waals surface area contributed by atoms with E-state index in [1.165, 1.54) is 0 Å². The average molecular weight is 284 g/mol. The molecule has 1 aromatic carbocycles. The summed E-state index contributed by atoms with van der Waals surface area (Å²) in [5, 5.41) is 9.98. The predicted molar refractivity (Wildman–Crippen MR) is 79.8 cm³/mol. The molecule has 2 heterocycles. The summed E-state index contributed by atoms with van der Waals surface area (Å²) in [7, 11) is 0. The zero-order chi connectivity index (χ0) is 14.1. The molecule has 0 amide bonds. The number of aromatic carboxylic acids is 1. The minimum Gasteiger partial charge on any atom is -0.478 e. The van der Waals surface area contributed by atoms with E-state index in [-0.39, 0.29) is 5.56 Å². The first-order chi connectivity index (χ1) is 9.69. The highest BCUT2D eigenvalue weighted by Gasteiger charge is 2.07. The Balaban J connectivity index is 2.07. The van der Waals surface area contributed by atoms with Gasteiger partial charge in [-0.15, -0.1) is 11.8 Å². The highest BCUT2D eigenvalue weighted by Crippen LogP contribution is 2.23. The number of hydrogen-bond donors (Lipinski definition) is 1. The van der Waals surface area contributed by atoms with Gasteiger partial charge < -0.3 is 9.67 Å². The first kappa shape index (κ1) is 12.7. The van der Waals surface area contributed by atoms with Crippen molar-refractivity contribution in [3.63, 3.8) is 0 Å². The molecule has 4 nitrogen and oxygen atoms in total. The van der Waals surface area contributed by atoms with Crippen molar-refractivity contribution in [2.45, 2.75) is 4.90 Å². The zero-order valence-electron chi connectivity index (χ0n) is 10.8. The Morgan fingerprint density at radius 1 is 1.25 bits per heavy atom. The number of aromatic nitrogens is 2. The molecule has 0 radical (unpaired) electrons. The lowest BCUT2D eigenvalue weighted by atomic mass is 10.2. The van der Waals surface area contributed by atoms with Crippen LogP contribution >= 0.6 is 11.8 Å². The van der Waals surface area contributed by atoms with Crippen LogP contribution in [-0.4, -0.2) is 26.9 Å². The molecule has 0 bridgehead atoms. The molecule has 5 heteroatoms. The SMILES string of the molecule is CSc1cnc2c(ccn2-c2ccc(C(=O)O)cc2)c1. The molecule has 20 heavy (non-hydrogen) atoms. The summed E-state index contributed by atoms with van der Waals surface area (Å²) in [5.41, 5.74) is 2.04. The quantitative estimate of drug-likeness (QED) is 0.748. The van der Waals surface area contributed by atoms with Gasteiger partial charge in [0.15, 0.2) is 0 Å². The highest BCUT2D eigenvalue weighted by atomic mass is 32.2. The average Bonchev–Trinajstić information content (AvgIpc) is 2.90. The molecule has 3 rings (SSSR count). The summed E-state index contributed by atoms with van der Waals surface area (Å²) in [4.78, 5) is 16.5. The molecular weight excluding hydrogens is 272 g/mol. The zero-order valence-corrected chi connectivity index (χ0v) is 11.6. The second kappa shape index (κ2) is 5.02. The summed E-state index contributed by atoms with van der Waals surface area (Å²) < 4.78 is 1.95. The lowest BCUT2D eigenvalue weighted by Crippen LogP contribution is -1.98. The normalized spacial score (nSPS) is 10.8. The van der Waals surface area contributed by atoms with Crippen molar-refractivity contribution in [1.82, 2.24) is 9.55 Å². The van der Waals surface area contributed by atoms with Crippen LogP contribution in [0.25, 0.3) is 16.7 Å².